The number of carbonyl (C=O) groups is 1. The highest BCUT2D eigenvalue weighted by Crippen LogP contribution is 2.24. The Balaban J connectivity index is 1.63. The van der Waals surface area contributed by atoms with Crippen molar-refractivity contribution in [1.29, 1.82) is 0 Å². The van der Waals surface area contributed by atoms with Crippen LogP contribution in [-0.2, 0) is 6.54 Å². The molecule has 3 aromatic rings. The van der Waals surface area contributed by atoms with Gasteiger partial charge in [-0.2, -0.15) is 0 Å². The third kappa shape index (κ3) is 4.87. The van der Waals surface area contributed by atoms with E-state index in [-0.39, 0.29) is 5.91 Å². The molecule has 0 aliphatic carbocycles. The van der Waals surface area contributed by atoms with E-state index in [1.807, 2.05) is 66.3 Å². The first-order valence-corrected chi connectivity index (χ1v) is 9.68. The van der Waals surface area contributed by atoms with Gasteiger partial charge in [-0.1, -0.05) is 49.7 Å². The quantitative estimate of drug-likeness (QED) is 0.641. The summed E-state index contributed by atoms with van der Waals surface area (Å²) in [6, 6.07) is 15.6. The predicted molar refractivity (Wildman–Crippen MR) is 111 cm³/mol. The van der Waals surface area contributed by atoms with Crippen LogP contribution in [0.15, 0.2) is 67.3 Å². The van der Waals surface area contributed by atoms with Gasteiger partial charge in [0, 0.05) is 38.1 Å². The molecule has 1 aromatic heterocycles. The molecule has 1 N–H and O–H groups in total. The van der Waals surface area contributed by atoms with Crippen molar-refractivity contribution in [2.24, 2.45) is 0 Å². The highest BCUT2D eigenvalue weighted by Gasteiger charge is 2.12. The SMILES string of the molecule is CCC[C@@H](O)c1ccc(-c2ccc(C(=O)N(C)CCn3ccnc3)cc2)cc1. The standard InChI is InChI=1S/C23H27N3O2/c1-3-4-22(27)20-9-5-18(6-10-20)19-7-11-21(12-8-19)23(28)25(2)15-16-26-14-13-24-17-26/h5-14,17,22,27H,3-4,15-16H2,1-2H3/t22-/m1/s1. The summed E-state index contributed by atoms with van der Waals surface area (Å²) in [6.45, 7) is 3.41. The maximum Gasteiger partial charge on any atom is 0.253 e. The summed E-state index contributed by atoms with van der Waals surface area (Å²) < 4.78 is 1.95. The molecule has 0 fully saturated rings. The van der Waals surface area contributed by atoms with E-state index in [9.17, 15) is 9.90 Å². The van der Waals surface area contributed by atoms with E-state index < -0.39 is 6.10 Å². The zero-order valence-electron chi connectivity index (χ0n) is 16.5. The fourth-order valence-corrected chi connectivity index (χ4v) is 3.15. The summed E-state index contributed by atoms with van der Waals surface area (Å²) in [6.07, 6.45) is 6.69. The Kier molecular flexibility index (Phi) is 6.61. The lowest BCUT2D eigenvalue weighted by molar-refractivity contribution is 0.0790. The largest absolute Gasteiger partial charge is 0.388 e. The van der Waals surface area contributed by atoms with Crippen molar-refractivity contribution >= 4 is 5.91 Å². The Hall–Kier alpha value is -2.92. The highest BCUT2D eigenvalue weighted by molar-refractivity contribution is 5.94. The molecular weight excluding hydrogens is 350 g/mol. The van der Waals surface area contributed by atoms with Crippen molar-refractivity contribution < 1.29 is 9.90 Å². The second kappa shape index (κ2) is 9.33. The van der Waals surface area contributed by atoms with Gasteiger partial charge in [0.05, 0.1) is 12.4 Å². The van der Waals surface area contributed by atoms with E-state index in [1.165, 1.54) is 0 Å². The number of benzene rings is 2. The molecule has 0 unspecified atom stereocenters. The van der Waals surface area contributed by atoms with Crippen LogP contribution in [0.25, 0.3) is 11.1 Å². The molecule has 0 spiro atoms. The smallest absolute Gasteiger partial charge is 0.253 e. The minimum atomic E-state index is -0.406. The highest BCUT2D eigenvalue weighted by atomic mass is 16.3. The van der Waals surface area contributed by atoms with E-state index in [0.717, 1.165) is 36.1 Å². The minimum absolute atomic E-state index is 0.00435. The topological polar surface area (TPSA) is 58.4 Å². The molecule has 5 nitrogen and oxygen atoms in total. The van der Waals surface area contributed by atoms with Crippen LogP contribution >= 0.6 is 0 Å². The molecule has 1 amide bonds. The summed E-state index contributed by atoms with van der Waals surface area (Å²) in [5.74, 6) is 0.00435. The van der Waals surface area contributed by atoms with Crippen LogP contribution in [-0.4, -0.2) is 39.1 Å². The maximum atomic E-state index is 12.6. The third-order valence-electron chi connectivity index (χ3n) is 4.92. The number of hydrogen-bond acceptors (Lipinski definition) is 3. The van der Waals surface area contributed by atoms with Crippen LogP contribution in [0.3, 0.4) is 0 Å². The predicted octanol–water partition coefficient (Wildman–Crippen LogP) is 4.16. The number of aromatic nitrogens is 2. The van der Waals surface area contributed by atoms with Crippen LogP contribution in [0.4, 0.5) is 0 Å². The molecule has 0 aliphatic rings. The first kappa shape index (κ1) is 19.8. The molecule has 0 saturated heterocycles. The van der Waals surface area contributed by atoms with Crippen LogP contribution in [0, 0.1) is 0 Å². The molecule has 3 rings (SSSR count). The fraction of sp³-hybridized carbons (Fsp3) is 0.304. The first-order valence-electron chi connectivity index (χ1n) is 9.68. The zero-order valence-corrected chi connectivity index (χ0v) is 16.5. The van der Waals surface area contributed by atoms with Crippen molar-refractivity contribution in [3.05, 3.63) is 78.4 Å². The van der Waals surface area contributed by atoms with Crippen LogP contribution in [0.2, 0.25) is 0 Å². The summed E-state index contributed by atoms with van der Waals surface area (Å²) >= 11 is 0. The molecule has 0 radical (unpaired) electrons. The molecule has 5 heteroatoms. The molecular formula is C23H27N3O2. The van der Waals surface area contributed by atoms with Gasteiger partial charge in [0.2, 0.25) is 0 Å². The van der Waals surface area contributed by atoms with Gasteiger partial charge in [0.1, 0.15) is 0 Å². The number of carbonyl (C=O) groups excluding carboxylic acids is 1. The number of nitrogens with zero attached hydrogens (tertiary/aromatic N) is 3. The van der Waals surface area contributed by atoms with Crippen LogP contribution in [0.1, 0.15) is 41.8 Å². The Morgan fingerprint density at radius 3 is 2.32 bits per heavy atom. The number of aliphatic hydroxyl groups excluding tert-OH is 1. The summed E-state index contributed by atoms with van der Waals surface area (Å²) in [7, 11) is 1.81. The van der Waals surface area contributed by atoms with E-state index in [1.54, 1.807) is 17.4 Å². The lowest BCUT2D eigenvalue weighted by atomic mass is 9.99. The molecule has 0 saturated carbocycles. The number of imidazole rings is 1. The average Bonchev–Trinajstić information content (AvgIpc) is 3.25. The van der Waals surface area contributed by atoms with Crippen molar-refractivity contribution in [3.8, 4) is 11.1 Å². The monoisotopic (exact) mass is 377 g/mol. The van der Waals surface area contributed by atoms with Gasteiger partial charge < -0.3 is 14.6 Å². The van der Waals surface area contributed by atoms with Crippen molar-refractivity contribution in [2.45, 2.75) is 32.4 Å². The van der Waals surface area contributed by atoms with Gasteiger partial charge in [-0.05, 0) is 35.2 Å². The zero-order chi connectivity index (χ0) is 19.9. The summed E-state index contributed by atoms with van der Waals surface area (Å²) in [5, 5.41) is 10.1. The minimum Gasteiger partial charge on any atom is -0.388 e. The number of likely N-dealkylation sites (N-methyl/N-ethyl adjacent to an activating group) is 1. The Labute approximate surface area is 166 Å². The molecule has 0 aliphatic heterocycles. The fourth-order valence-electron chi connectivity index (χ4n) is 3.15. The molecule has 2 aromatic carbocycles. The molecule has 0 bridgehead atoms. The number of aliphatic hydroxyl groups is 1. The van der Waals surface area contributed by atoms with Crippen molar-refractivity contribution in [1.82, 2.24) is 14.5 Å². The van der Waals surface area contributed by atoms with Gasteiger partial charge in [-0.25, -0.2) is 4.98 Å². The van der Waals surface area contributed by atoms with Crippen LogP contribution < -0.4 is 0 Å². The van der Waals surface area contributed by atoms with E-state index in [4.69, 9.17) is 0 Å². The van der Waals surface area contributed by atoms with Gasteiger partial charge in [0.25, 0.3) is 5.91 Å². The number of amides is 1. The van der Waals surface area contributed by atoms with Crippen LogP contribution in [0.5, 0.6) is 0 Å². The second-order valence-electron chi connectivity index (χ2n) is 7.03. The average molecular weight is 377 g/mol. The second-order valence-corrected chi connectivity index (χ2v) is 7.03. The van der Waals surface area contributed by atoms with Crippen molar-refractivity contribution in [3.63, 3.8) is 0 Å². The summed E-state index contributed by atoms with van der Waals surface area (Å²) in [5.41, 5.74) is 3.73. The van der Waals surface area contributed by atoms with E-state index >= 15 is 0 Å². The Morgan fingerprint density at radius 1 is 1.11 bits per heavy atom. The lowest BCUT2D eigenvalue weighted by Crippen LogP contribution is -2.29. The molecule has 28 heavy (non-hydrogen) atoms. The van der Waals surface area contributed by atoms with E-state index in [2.05, 4.69) is 11.9 Å². The summed E-state index contributed by atoms with van der Waals surface area (Å²) in [4.78, 5) is 18.3. The van der Waals surface area contributed by atoms with Gasteiger partial charge in [0.15, 0.2) is 0 Å². The molecule has 1 heterocycles. The van der Waals surface area contributed by atoms with Gasteiger partial charge in [-0.3, -0.25) is 4.79 Å². The first-order chi connectivity index (χ1) is 13.6. The Morgan fingerprint density at radius 2 is 1.75 bits per heavy atom. The normalized spacial score (nSPS) is 12.0. The number of rotatable bonds is 8. The van der Waals surface area contributed by atoms with Crippen molar-refractivity contribution in [2.75, 3.05) is 13.6 Å². The third-order valence-corrected chi connectivity index (χ3v) is 4.92. The molecule has 146 valence electrons. The molecule has 1 atom stereocenters. The lowest BCUT2D eigenvalue weighted by Gasteiger charge is -2.17. The van der Waals surface area contributed by atoms with Gasteiger partial charge in [-0.15, -0.1) is 0 Å². The Bertz CT molecular complexity index is 871. The van der Waals surface area contributed by atoms with E-state index in [0.29, 0.717) is 12.1 Å². The van der Waals surface area contributed by atoms with Gasteiger partial charge >= 0.3 is 0 Å². The maximum absolute atomic E-state index is 12.6. The number of hydrogen-bond donors (Lipinski definition) is 1.